The van der Waals surface area contributed by atoms with Crippen molar-refractivity contribution in [2.75, 3.05) is 5.32 Å². The molecule has 0 aliphatic rings. The number of nitrogens with zero attached hydrogens (tertiary/aromatic N) is 2. The Labute approximate surface area is 129 Å². The molecule has 0 fully saturated rings. The lowest BCUT2D eigenvalue weighted by Gasteiger charge is -2.15. The maximum absolute atomic E-state index is 12.2. The van der Waals surface area contributed by atoms with Crippen molar-refractivity contribution in [1.29, 1.82) is 0 Å². The molecular formula is C16H21N3OS. The summed E-state index contributed by atoms with van der Waals surface area (Å²) in [7, 11) is 0. The first kappa shape index (κ1) is 15.6. The van der Waals surface area contributed by atoms with Gasteiger partial charge in [-0.15, -0.1) is 11.8 Å². The molecule has 1 aromatic carbocycles. The van der Waals surface area contributed by atoms with E-state index in [0.29, 0.717) is 0 Å². The molecule has 2 rings (SSSR count). The molecule has 2 aromatic rings. The molecule has 5 heteroatoms. The number of hydrogen-bond acceptors (Lipinski definition) is 3. The van der Waals surface area contributed by atoms with Crippen LogP contribution in [-0.2, 0) is 10.5 Å². The van der Waals surface area contributed by atoms with Crippen LogP contribution in [0.4, 0.5) is 5.82 Å². The highest BCUT2D eigenvalue weighted by atomic mass is 32.2. The quantitative estimate of drug-likeness (QED) is 0.884. The molecule has 1 unspecified atom stereocenters. The van der Waals surface area contributed by atoms with Gasteiger partial charge in [0.15, 0.2) is 0 Å². The Hall–Kier alpha value is -1.75. The maximum atomic E-state index is 12.2. The average molecular weight is 303 g/mol. The summed E-state index contributed by atoms with van der Waals surface area (Å²) in [5.41, 5.74) is 1.23. The Morgan fingerprint density at radius 2 is 1.95 bits per heavy atom. The highest BCUT2D eigenvalue weighted by Crippen LogP contribution is 2.20. The zero-order valence-corrected chi connectivity index (χ0v) is 13.4. The Balaban J connectivity index is 1.89. The first-order chi connectivity index (χ1) is 10.1. The summed E-state index contributed by atoms with van der Waals surface area (Å²) >= 11 is 1.63. The van der Waals surface area contributed by atoms with Gasteiger partial charge in [0.1, 0.15) is 5.82 Å². The Kier molecular flexibility index (Phi) is 5.44. The molecule has 1 N–H and O–H groups in total. The fraction of sp³-hybridized carbons (Fsp3) is 0.375. The summed E-state index contributed by atoms with van der Waals surface area (Å²) in [6, 6.07) is 12.2. The summed E-state index contributed by atoms with van der Waals surface area (Å²) in [6.45, 7) is 6.01. The standard InChI is InChI=1S/C16H21N3OS/c1-12(2)19-15(9-10-17-19)18-16(20)13(3)21-11-14-7-5-4-6-8-14/h4-10,12-13H,11H2,1-3H3,(H,18,20). The molecule has 1 aromatic heterocycles. The number of carbonyl (C=O) groups excluding carboxylic acids is 1. The number of thioether (sulfide) groups is 1. The zero-order valence-electron chi connectivity index (χ0n) is 12.6. The molecule has 0 saturated carbocycles. The van der Waals surface area contributed by atoms with Gasteiger partial charge in [0, 0.05) is 17.9 Å². The molecular weight excluding hydrogens is 282 g/mol. The van der Waals surface area contributed by atoms with Gasteiger partial charge in [-0.25, -0.2) is 4.68 Å². The second kappa shape index (κ2) is 7.31. The smallest absolute Gasteiger partial charge is 0.238 e. The van der Waals surface area contributed by atoms with E-state index in [2.05, 4.69) is 22.5 Å². The van der Waals surface area contributed by atoms with Crippen molar-refractivity contribution in [3.63, 3.8) is 0 Å². The molecule has 0 spiro atoms. The van der Waals surface area contributed by atoms with Crippen LogP contribution in [-0.4, -0.2) is 20.9 Å². The topological polar surface area (TPSA) is 46.9 Å². The third-order valence-corrected chi connectivity index (χ3v) is 4.34. The van der Waals surface area contributed by atoms with Crippen LogP contribution >= 0.6 is 11.8 Å². The molecule has 0 saturated heterocycles. The highest BCUT2D eigenvalue weighted by molar-refractivity contribution is 7.99. The predicted molar refractivity (Wildman–Crippen MR) is 88.4 cm³/mol. The van der Waals surface area contributed by atoms with Crippen molar-refractivity contribution in [2.24, 2.45) is 0 Å². The molecule has 1 amide bonds. The van der Waals surface area contributed by atoms with E-state index in [9.17, 15) is 4.79 Å². The Morgan fingerprint density at radius 1 is 1.24 bits per heavy atom. The van der Waals surface area contributed by atoms with Gasteiger partial charge in [-0.3, -0.25) is 4.79 Å². The van der Waals surface area contributed by atoms with Crippen molar-refractivity contribution in [1.82, 2.24) is 9.78 Å². The van der Waals surface area contributed by atoms with Crippen molar-refractivity contribution >= 4 is 23.5 Å². The van der Waals surface area contributed by atoms with E-state index in [1.165, 1.54) is 5.56 Å². The van der Waals surface area contributed by atoms with E-state index < -0.39 is 0 Å². The lowest BCUT2D eigenvalue weighted by molar-refractivity contribution is -0.115. The summed E-state index contributed by atoms with van der Waals surface area (Å²) < 4.78 is 1.81. The highest BCUT2D eigenvalue weighted by Gasteiger charge is 2.16. The number of anilines is 1. The predicted octanol–water partition coefficient (Wildman–Crippen LogP) is 3.72. The minimum Gasteiger partial charge on any atom is -0.310 e. The monoisotopic (exact) mass is 303 g/mol. The van der Waals surface area contributed by atoms with Gasteiger partial charge in [0.05, 0.1) is 11.4 Å². The van der Waals surface area contributed by atoms with Crippen molar-refractivity contribution in [3.05, 3.63) is 48.2 Å². The van der Waals surface area contributed by atoms with Gasteiger partial charge in [-0.05, 0) is 26.3 Å². The van der Waals surface area contributed by atoms with Gasteiger partial charge >= 0.3 is 0 Å². The van der Waals surface area contributed by atoms with Crippen LogP contribution in [0.2, 0.25) is 0 Å². The van der Waals surface area contributed by atoms with E-state index in [4.69, 9.17) is 0 Å². The summed E-state index contributed by atoms with van der Waals surface area (Å²) in [4.78, 5) is 12.2. The third kappa shape index (κ3) is 4.36. The minimum atomic E-state index is -0.110. The van der Waals surface area contributed by atoms with Gasteiger partial charge in [-0.1, -0.05) is 30.3 Å². The zero-order chi connectivity index (χ0) is 15.2. The van der Waals surface area contributed by atoms with Crippen molar-refractivity contribution in [3.8, 4) is 0 Å². The van der Waals surface area contributed by atoms with E-state index in [0.717, 1.165) is 11.6 Å². The Morgan fingerprint density at radius 3 is 2.62 bits per heavy atom. The van der Waals surface area contributed by atoms with Crippen LogP contribution < -0.4 is 5.32 Å². The molecule has 0 aliphatic carbocycles. The first-order valence-corrected chi connectivity index (χ1v) is 8.12. The summed E-state index contributed by atoms with van der Waals surface area (Å²) in [5.74, 6) is 1.60. The van der Waals surface area contributed by atoms with Gasteiger partial charge < -0.3 is 5.32 Å². The summed E-state index contributed by atoms with van der Waals surface area (Å²) in [5, 5.41) is 7.05. The fourth-order valence-electron chi connectivity index (χ4n) is 1.92. The van der Waals surface area contributed by atoms with E-state index in [1.807, 2.05) is 49.7 Å². The summed E-state index contributed by atoms with van der Waals surface area (Å²) in [6.07, 6.45) is 1.71. The van der Waals surface area contributed by atoms with Gasteiger partial charge in [0.25, 0.3) is 0 Å². The molecule has 1 atom stereocenters. The Bertz CT molecular complexity index is 580. The minimum absolute atomic E-state index is 0.0123. The van der Waals surface area contributed by atoms with Crippen LogP contribution in [0.3, 0.4) is 0 Å². The lowest BCUT2D eigenvalue weighted by atomic mass is 10.2. The third-order valence-electron chi connectivity index (χ3n) is 3.12. The molecule has 0 aliphatic heterocycles. The fourth-order valence-corrected chi connectivity index (χ4v) is 2.77. The molecule has 4 nitrogen and oxygen atoms in total. The van der Waals surface area contributed by atoms with Crippen LogP contribution in [0, 0.1) is 0 Å². The molecule has 112 valence electrons. The van der Waals surface area contributed by atoms with Gasteiger partial charge in [0.2, 0.25) is 5.91 Å². The van der Waals surface area contributed by atoms with Crippen LogP contribution in [0.15, 0.2) is 42.6 Å². The lowest BCUT2D eigenvalue weighted by Crippen LogP contribution is -2.24. The van der Waals surface area contributed by atoms with E-state index in [1.54, 1.807) is 18.0 Å². The van der Waals surface area contributed by atoms with Crippen molar-refractivity contribution in [2.45, 2.75) is 37.8 Å². The largest absolute Gasteiger partial charge is 0.310 e. The number of carbonyl (C=O) groups is 1. The second-order valence-corrected chi connectivity index (χ2v) is 6.51. The maximum Gasteiger partial charge on any atom is 0.238 e. The number of rotatable bonds is 6. The van der Waals surface area contributed by atoms with Crippen LogP contribution in [0.25, 0.3) is 0 Å². The SMILES string of the molecule is CC(SCc1ccccc1)C(=O)Nc1ccnn1C(C)C. The van der Waals surface area contributed by atoms with Crippen LogP contribution in [0.5, 0.6) is 0 Å². The van der Waals surface area contributed by atoms with Crippen LogP contribution in [0.1, 0.15) is 32.4 Å². The molecule has 0 bridgehead atoms. The molecule has 21 heavy (non-hydrogen) atoms. The second-order valence-electron chi connectivity index (χ2n) is 5.18. The van der Waals surface area contributed by atoms with E-state index in [-0.39, 0.29) is 17.2 Å². The number of amides is 1. The molecule has 1 heterocycles. The number of aromatic nitrogens is 2. The normalized spacial score (nSPS) is 12.4. The van der Waals surface area contributed by atoms with Gasteiger partial charge in [-0.2, -0.15) is 5.10 Å². The average Bonchev–Trinajstić information content (AvgIpc) is 2.94. The van der Waals surface area contributed by atoms with Crippen molar-refractivity contribution < 1.29 is 4.79 Å². The van der Waals surface area contributed by atoms with E-state index >= 15 is 0 Å². The number of hydrogen-bond donors (Lipinski definition) is 1. The molecule has 0 radical (unpaired) electrons. The first-order valence-electron chi connectivity index (χ1n) is 7.08. The number of benzene rings is 1. The number of nitrogens with one attached hydrogen (secondary N) is 1.